The van der Waals surface area contributed by atoms with Crippen molar-refractivity contribution in [1.82, 2.24) is 5.32 Å². The third-order valence-electron chi connectivity index (χ3n) is 6.14. The highest BCUT2D eigenvalue weighted by molar-refractivity contribution is 7.92. The molecule has 4 atom stereocenters. The van der Waals surface area contributed by atoms with Crippen molar-refractivity contribution in [3.8, 4) is 0 Å². The van der Waals surface area contributed by atoms with Crippen molar-refractivity contribution in [2.24, 2.45) is 11.8 Å². The summed E-state index contributed by atoms with van der Waals surface area (Å²) in [6.45, 7) is 5.81. The number of sulfonamides is 1. The van der Waals surface area contributed by atoms with Crippen LogP contribution in [0.2, 0.25) is 0 Å². The molecule has 0 unspecified atom stereocenters. The Morgan fingerprint density at radius 1 is 1.23 bits per heavy atom. The fraction of sp³-hybridized carbons (Fsp3) is 0.650. The van der Waals surface area contributed by atoms with E-state index in [0.717, 1.165) is 23.5 Å². The summed E-state index contributed by atoms with van der Waals surface area (Å²) in [6, 6.07) is 5.03. The Kier molecular flexibility index (Phi) is 5.33. The summed E-state index contributed by atoms with van der Waals surface area (Å²) in [5.41, 5.74) is 2.67. The summed E-state index contributed by atoms with van der Waals surface area (Å²) in [4.78, 5) is 13.0. The second-order valence-corrected chi connectivity index (χ2v) is 9.90. The van der Waals surface area contributed by atoms with Gasteiger partial charge in [0.1, 0.15) is 6.04 Å². The number of carbonyl (C=O) groups excluding carboxylic acids is 1. The molecule has 144 valence electrons. The average Bonchev–Trinajstić information content (AvgIpc) is 3.16. The van der Waals surface area contributed by atoms with Crippen LogP contribution in [0.4, 0.5) is 5.69 Å². The lowest BCUT2D eigenvalue weighted by Gasteiger charge is -2.32. The Bertz CT molecular complexity index is 790. The molecule has 2 fully saturated rings. The topological polar surface area (TPSA) is 66.5 Å². The molecular formula is C20H30N2O3S. The van der Waals surface area contributed by atoms with E-state index in [0.29, 0.717) is 18.0 Å². The van der Waals surface area contributed by atoms with Crippen LogP contribution >= 0.6 is 0 Å². The van der Waals surface area contributed by atoms with E-state index in [-0.39, 0.29) is 11.9 Å². The van der Waals surface area contributed by atoms with Crippen molar-refractivity contribution < 1.29 is 13.2 Å². The van der Waals surface area contributed by atoms with Crippen LogP contribution in [-0.2, 0) is 14.8 Å². The van der Waals surface area contributed by atoms with Gasteiger partial charge in [0.05, 0.1) is 11.9 Å². The van der Waals surface area contributed by atoms with E-state index < -0.39 is 16.1 Å². The van der Waals surface area contributed by atoms with Crippen LogP contribution in [0, 0.1) is 25.7 Å². The van der Waals surface area contributed by atoms with Crippen molar-refractivity contribution in [3.05, 3.63) is 29.3 Å². The molecule has 0 heterocycles. The molecule has 0 aliphatic heterocycles. The van der Waals surface area contributed by atoms with E-state index in [2.05, 4.69) is 5.32 Å². The lowest BCUT2D eigenvalue weighted by atomic mass is 9.95. The first-order valence-corrected chi connectivity index (χ1v) is 11.4. The van der Waals surface area contributed by atoms with Gasteiger partial charge in [-0.25, -0.2) is 8.42 Å². The van der Waals surface area contributed by atoms with Crippen molar-refractivity contribution in [3.63, 3.8) is 0 Å². The van der Waals surface area contributed by atoms with Crippen molar-refractivity contribution in [2.45, 2.75) is 65.0 Å². The highest BCUT2D eigenvalue weighted by atomic mass is 32.2. The minimum atomic E-state index is -3.58. The Hall–Kier alpha value is -1.56. The van der Waals surface area contributed by atoms with Gasteiger partial charge >= 0.3 is 0 Å². The molecule has 1 aromatic rings. The van der Waals surface area contributed by atoms with Crippen LogP contribution in [0.1, 0.15) is 50.2 Å². The molecule has 0 aromatic heterocycles. The number of benzene rings is 1. The van der Waals surface area contributed by atoms with Crippen molar-refractivity contribution in [2.75, 3.05) is 10.6 Å². The van der Waals surface area contributed by atoms with Gasteiger partial charge in [-0.05, 0) is 74.6 Å². The lowest BCUT2D eigenvalue weighted by Crippen LogP contribution is -2.52. The van der Waals surface area contributed by atoms with Crippen molar-refractivity contribution in [1.29, 1.82) is 0 Å². The molecule has 0 radical (unpaired) electrons. The van der Waals surface area contributed by atoms with Gasteiger partial charge < -0.3 is 5.32 Å². The second kappa shape index (κ2) is 7.22. The predicted octanol–water partition coefficient (Wildman–Crippen LogP) is 3.15. The van der Waals surface area contributed by atoms with Crippen LogP contribution in [-0.4, -0.2) is 32.7 Å². The van der Waals surface area contributed by atoms with Gasteiger partial charge in [-0.15, -0.1) is 0 Å². The average molecular weight is 379 g/mol. The van der Waals surface area contributed by atoms with Crippen LogP contribution in [0.5, 0.6) is 0 Å². The molecule has 0 saturated heterocycles. The first-order valence-electron chi connectivity index (χ1n) is 9.57. The zero-order valence-corrected chi connectivity index (χ0v) is 17.0. The molecule has 1 N–H and O–H groups in total. The normalized spacial score (nSPS) is 25.9. The second-order valence-electron chi connectivity index (χ2n) is 8.04. The molecule has 1 amide bonds. The van der Waals surface area contributed by atoms with E-state index in [4.69, 9.17) is 0 Å². The molecule has 26 heavy (non-hydrogen) atoms. The van der Waals surface area contributed by atoms with E-state index in [1.54, 1.807) is 6.07 Å². The number of rotatable bonds is 6. The summed E-state index contributed by atoms with van der Waals surface area (Å²) in [6.07, 6.45) is 6.30. The minimum absolute atomic E-state index is 0.172. The molecule has 5 nitrogen and oxygen atoms in total. The SMILES string of the molecule is CC[C@H](C(=O)N[C@@H]1C[C@H]2CC[C@H]1C2)N(c1ccc(C)c(C)c1)S(C)(=O)=O. The number of anilines is 1. The van der Waals surface area contributed by atoms with Crippen LogP contribution in [0.15, 0.2) is 18.2 Å². The number of nitrogens with zero attached hydrogens (tertiary/aromatic N) is 1. The molecule has 3 rings (SSSR count). The Balaban J connectivity index is 1.85. The molecule has 2 aliphatic rings. The fourth-order valence-electron chi connectivity index (χ4n) is 4.62. The maximum absolute atomic E-state index is 13.0. The third kappa shape index (κ3) is 3.75. The molecule has 1 aromatic carbocycles. The van der Waals surface area contributed by atoms with Gasteiger partial charge in [-0.1, -0.05) is 19.4 Å². The molecule has 2 aliphatic carbocycles. The maximum atomic E-state index is 13.0. The van der Waals surface area contributed by atoms with E-state index in [9.17, 15) is 13.2 Å². The standard InChI is InChI=1S/C20H30N2O3S/c1-5-19(20(23)21-18-12-15-7-8-16(18)11-15)22(26(4,24)25)17-9-6-13(2)14(3)10-17/h6,9-10,15-16,18-19H,5,7-8,11-12H2,1-4H3,(H,21,23)/t15-,16-,18+,19+/m0/s1. The van der Waals surface area contributed by atoms with Crippen LogP contribution in [0.3, 0.4) is 0 Å². The predicted molar refractivity (Wildman–Crippen MR) is 105 cm³/mol. The maximum Gasteiger partial charge on any atom is 0.244 e. The summed E-state index contributed by atoms with van der Waals surface area (Å²) < 4.78 is 26.4. The number of nitrogens with one attached hydrogen (secondary N) is 1. The number of carbonyl (C=O) groups is 1. The minimum Gasteiger partial charge on any atom is -0.351 e. The van der Waals surface area contributed by atoms with Gasteiger partial charge in [0.25, 0.3) is 0 Å². The van der Waals surface area contributed by atoms with Crippen LogP contribution < -0.4 is 9.62 Å². The van der Waals surface area contributed by atoms with E-state index in [1.165, 1.54) is 29.8 Å². The van der Waals surface area contributed by atoms with Gasteiger partial charge in [-0.2, -0.15) is 0 Å². The smallest absolute Gasteiger partial charge is 0.244 e. The number of fused-ring (bicyclic) bond motifs is 2. The zero-order valence-electron chi connectivity index (χ0n) is 16.2. The summed E-state index contributed by atoms with van der Waals surface area (Å²) in [5, 5.41) is 3.16. The fourth-order valence-corrected chi connectivity index (χ4v) is 5.83. The quantitative estimate of drug-likeness (QED) is 0.827. The molecule has 6 heteroatoms. The third-order valence-corrected chi connectivity index (χ3v) is 7.32. The Morgan fingerprint density at radius 3 is 2.46 bits per heavy atom. The molecular weight excluding hydrogens is 348 g/mol. The number of amides is 1. The number of hydrogen-bond donors (Lipinski definition) is 1. The van der Waals surface area contributed by atoms with Gasteiger partial charge in [0, 0.05) is 6.04 Å². The van der Waals surface area contributed by atoms with E-state index >= 15 is 0 Å². The number of hydrogen-bond acceptors (Lipinski definition) is 3. The molecule has 2 saturated carbocycles. The lowest BCUT2D eigenvalue weighted by molar-refractivity contribution is -0.123. The van der Waals surface area contributed by atoms with E-state index in [1.807, 2.05) is 32.9 Å². The molecule has 0 spiro atoms. The first-order chi connectivity index (χ1) is 12.2. The zero-order chi connectivity index (χ0) is 19.1. The van der Waals surface area contributed by atoms with Crippen LogP contribution in [0.25, 0.3) is 0 Å². The highest BCUT2D eigenvalue weighted by Crippen LogP contribution is 2.44. The first kappa shape index (κ1) is 19.2. The van der Waals surface area contributed by atoms with Gasteiger partial charge in [0.15, 0.2) is 0 Å². The Labute approximate surface area is 157 Å². The molecule has 2 bridgehead atoms. The van der Waals surface area contributed by atoms with Gasteiger partial charge in [-0.3, -0.25) is 9.10 Å². The summed E-state index contributed by atoms with van der Waals surface area (Å²) in [5.74, 6) is 1.12. The highest BCUT2D eigenvalue weighted by Gasteiger charge is 2.41. The Morgan fingerprint density at radius 2 is 1.96 bits per heavy atom. The number of aryl methyl sites for hydroxylation is 2. The monoisotopic (exact) mass is 378 g/mol. The van der Waals surface area contributed by atoms with Gasteiger partial charge in [0.2, 0.25) is 15.9 Å². The van der Waals surface area contributed by atoms with Crippen molar-refractivity contribution >= 4 is 21.6 Å². The summed E-state index contributed by atoms with van der Waals surface area (Å²) >= 11 is 0. The summed E-state index contributed by atoms with van der Waals surface area (Å²) in [7, 11) is -3.58. The largest absolute Gasteiger partial charge is 0.351 e.